The molecule has 0 aromatic heterocycles. The summed E-state index contributed by atoms with van der Waals surface area (Å²) in [6, 6.07) is 6.95. The third-order valence-electron chi connectivity index (χ3n) is 13.3. The van der Waals surface area contributed by atoms with Crippen LogP contribution >= 0.6 is 0 Å². The number of likely N-dealkylation sites (tertiary alicyclic amines) is 1. The van der Waals surface area contributed by atoms with Gasteiger partial charge >= 0.3 is 11.9 Å². The molecule has 1 aliphatic heterocycles. The van der Waals surface area contributed by atoms with Gasteiger partial charge in [-0.3, -0.25) is 9.69 Å². The van der Waals surface area contributed by atoms with Crippen LogP contribution in [-0.2, 0) is 30.2 Å². The third kappa shape index (κ3) is 3.90. The van der Waals surface area contributed by atoms with Crippen LogP contribution in [-0.4, -0.2) is 107 Å². The number of methoxy groups -OCH3 is 2. The molecule has 6 fully saturated rings. The zero-order valence-electron chi connectivity index (χ0n) is 27.1. The van der Waals surface area contributed by atoms with Gasteiger partial charge in [0.05, 0.1) is 30.3 Å². The number of esters is 2. The van der Waals surface area contributed by atoms with Crippen LogP contribution in [0.15, 0.2) is 24.3 Å². The predicted molar refractivity (Wildman–Crippen MR) is 162 cm³/mol. The number of aliphatic hydroxyl groups is 3. The van der Waals surface area contributed by atoms with Gasteiger partial charge < -0.3 is 34.3 Å². The topological polar surface area (TPSA) is 135 Å². The summed E-state index contributed by atoms with van der Waals surface area (Å²) < 4.78 is 24.1. The van der Waals surface area contributed by atoms with Gasteiger partial charge in [-0.2, -0.15) is 0 Å². The monoisotopic (exact) mass is 627 g/mol. The highest BCUT2D eigenvalue weighted by Crippen LogP contribution is 2.80. The first-order valence-electron chi connectivity index (χ1n) is 16.8. The molecule has 0 radical (unpaired) electrons. The van der Waals surface area contributed by atoms with Crippen LogP contribution in [0, 0.1) is 35.0 Å². The molecule has 3 unspecified atom stereocenters. The molecule has 0 amide bonds. The fraction of sp³-hybridized carbons (Fsp3) is 0.771. The fourth-order valence-electron chi connectivity index (χ4n) is 12.1. The van der Waals surface area contributed by atoms with Crippen molar-refractivity contribution in [3.05, 3.63) is 35.4 Å². The largest absolute Gasteiger partial charge is 0.463 e. The van der Waals surface area contributed by atoms with Crippen molar-refractivity contribution in [1.82, 2.24) is 4.90 Å². The predicted octanol–water partition coefficient (Wildman–Crippen LogP) is 2.35. The molecule has 7 rings (SSSR count). The average Bonchev–Trinajstić information content (AvgIpc) is 3.43. The summed E-state index contributed by atoms with van der Waals surface area (Å²) in [6.07, 6.45) is 1.55. The summed E-state index contributed by atoms with van der Waals surface area (Å²) in [5.74, 6) is -1.97. The van der Waals surface area contributed by atoms with E-state index in [9.17, 15) is 24.9 Å². The highest BCUT2D eigenvalue weighted by atomic mass is 16.6. The van der Waals surface area contributed by atoms with Crippen molar-refractivity contribution in [3.8, 4) is 0 Å². The summed E-state index contributed by atoms with van der Waals surface area (Å²) in [5, 5.41) is 36.8. The maximum Gasteiger partial charge on any atom is 0.339 e. The first-order chi connectivity index (χ1) is 21.5. The summed E-state index contributed by atoms with van der Waals surface area (Å²) in [7, 11) is 3.28. The highest BCUT2D eigenvalue weighted by Gasteiger charge is 2.88. The second-order valence-electron chi connectivity index (χ2n) is 15.0. The smallest absolute Gasteiger partial charge is 0.339 e. The Labute approximate surface area is 265 Å². The van der Waals surface area contributed by atoms with Crippen LogP contribution in [0.5, 0.6) is 0 Å². The Kier molecular flexibility index (Phi) is 7.51. The number of likely N-dealkylation sites (N-methyl/N-ethyl adjacent to an activating group) is 1. The standard InChI is InChI=1S/C35H49NO9/c1-6-36-18-32(45-31(39)22-10-8-7-9-20(22)13-28(38)44-19(2)3)12-11-21(17-37)34-26(32)15-24(29(34)36)33(40)16-25(42-4)23-14-27(34)35(33,41)30(23)43-5/h7-10,19,21,23-27,29-30,37,40-41H,6,11-18H2,1-5H3/t21-,23-,24+,25+,26?,27?,29?,30+,32-,33+,34+,35+/m1/s1. The van der Waals surface area contributed by atoms with E-state index in [4.69, 9.17) is 18.9 Å². The van der Waals surface area contributed by atoms with E-state index in [1.54, 1.807) is 52.3 Å². The number of rotatable bonds is 9. The molecule has 7 bridgehead atoms. The fourth-order valence-corrected chi connectivity index (χ4v) is 12.1. The van der Waals surface area contributed by atoms with E-state index < -0.39 is 40.3 Å². The number of ether oxygens (including phenoxy) is 4. The first kappa shape index (κ1) is 31.5. The Hall–Kier alpha value is -2.08. The molecule has 5 aliphatic carbocycles. The molecule has 10 heteroatoms. The van der Waals surface area contributed by atoms with Crippen LogP contribution in [0.1, 0.15) is 68.8 Å². The van der Waals surface area contributed by atoms with Gasteiger partial charge in [0.2, 0.25) is 0 Å². The van der Waals surface area contributed by atoms with E-state index in [-0.39, 0.29) is 60.9 Å². The minimum atomic E-state index is -1.52. The average molecular weight is 628 g/mol. The van der Waals surface area contributed by atoms with Crippen LogP contribution in [0.25, 0.3) is 0 Å². The van der Waals surface area contributed by atoms with Crippen molar-refractivity contribution in [2.75, 3.05) is 33.9 Å². The van der Waals surface area contributed by atoms with Crippen molar-refractivity contribution < 1.29 is 43.9 Å². The minimum Gasteiger partial charge on any atom is -0.463 e. The van der Waals surface area contributed by atoms with Gasteiger partial charge in [-0.1, -0.05) is 25.1 Å². The second-order valence-corrected chi connectivity index (χ2v) is 15.0. The highest BCUT2D eigenvalue weighted by molar-refractivity contribution is 5.93. The van der Waals surface area contributed by atoms with E-state index in [0.717, 1.165) is 0 Å². The number of nitrogens with zero attached hydrogens (tertiary/aromatic N) is 1. The zero-order chi connectivity index (χ0) is 32.1. The van der Waals surface area contributed by atoms with Crippen LogP contribution in [0.3, 0.4) is 0 Å². The molecule has 6 aliphatic rings. The number of aliphatic hydroxyl groups excluding tert-OH is 1. The van der Waals surface area contributed by atoms with E-state index in [0.29, 0.717) is 56.3 Å². The minimum absolute atomic E-state index is 0.0375. The molecular weight excluding hydrogens is 578 g/mol. The molecule has 10 nitrogen and oxygen atoms in total. The van der Waals surface area contributed by atoms with E-state index >= 15 is 0 Å². The third-order valence-corrected chi connectivity index (χ3v) is 13.3. The van der Waals surface area contributed by atoms with Crippen molar-refractivity contribution >= 4 is 11.9 Å². The summed E-state index contributed by atoms with van der Waals surface area (Å²) in [6.45, 7) is 6.84. The Morgan fingerprint density at radius 2 is 1.84 bits per heavy atom. The van der Waals surface area contributed by atoms with Crippen molar-refractivity contribution in [2.45, 2.75) is 100 Å². The number of benzene rings is 1. The van der Waals surface area contributed by atoms with Gasteiger partial charge in [0.15, 0.2) is 0 Å². The number of hydrogen-bond donors (Lipinski definition) is 3. The van der Waals surface area contributed by atoms with Gasteiger partial charge in [0.1, 0.15) is 16.8 Å². The number of piperidine rings is 1. The van der Waals surface area contributed by atoms with E-state index in [2.05, 4.69) is 11.8 Å². The van der Waals surface area contributed by atoms with Gasteiger partial charge in [0, 0.05) is 68.9 Å². The molecule has 1 aromatic rings. The normalized spacial score (nSPS) is 45.9. The Morgan fingerprint density at radius 3 is 2.51 bits per heavy atom. The van der Waals surface area contributed by atoms with E-state index in [1.807, 2.05) is 0 Å². The molecule has 3 N–H and O–H groups in total. The zero-order valence-corrected chi connectivity index (χ0v) is 27.1. The van der Waals surface area contributed by atoms with Crippen molar-refractivity contribution in [1.29, 1.82) is 0 Å². The molecule has 45 heavy (non-hydrogen) atoms. The maximum absolute atomic E-state index is 14.2. The molecule has 1 spiro atoms. The molecule has 248 valence electrons. The van der Waals surface area contributed by atoms with Crippen LogP contribution < -0.4 is 0 Å². The molecule has 12 atom stereocenters. The summed E-state index contributed by atoms with van der Waals surface area (Å²) in [4.78, 5) is 29.2. The van der Waals surface area contributed by atoms with Crippen molar-refractivity contribution in [2.24, 2.45) is 35.0 Å². The molecule has 1 heterocycles. The number of carbonyl (C=O) groups excluding carboxylic acids is 2. The second kappa shape index (κ2) is 10.7. The van der Waals surface area contributed by atoms with Crippen LogP contribution in [0.2, 0.25) is 0 Å². The number of fused-ring (bicyclic) bond motifs is 2. The molecule has 1 saturated heterocycles. The Morgan fingerprint density at radius 1 is 1.09 bits per heavy atom. The van der Waals surface area contributed by atoms with Crippen LogP contribution in [0.4, 0.5) is 0 Å². The lowest BCUT2D eigenvalue weighted by Gasteiger charge is -2.71. The number of carbonyl (C=O) groups is 2. The van der Waals surface area contributed by atoms with Gasteiger partial charge in [-0.05, 0) is 63.6 Å². The molecule has 1 aromatic carbocycles. The molecule has 5 saturated carbocycles. The maximum atomic E-state index is 14.2. The van der Waals surface area contributed by atoms with Gasteiger partial charge in [-0.25, -0.2) is 4.79 Å². The lowest BCUT2D eigenvalue weighted by atomic mass is 9.42. The lowest BCUT2D eigenvalue weighted by Crippen LogP contribution is -2.82. The quantitative estimate of drug-likeness (QED) is 0.350. The Bertz CT molecular complexity index is 1350. The number of hydrogen-bond acceptors (Lipinski definition) is 10. The van der Waals surface area contributed by atoms with Gasteiger partial charge in [0.25, 0.3) is 0 Å². The summed E-state index contributed by atoms with van der Waals surface area (Å²) in [5.41, 5.74) is -3.56. The lowest BCUT2D eigenvalue weighted by molar-refractivity contribution is -0.333. The van der Waals surface area contributed by atoms with Crippen molar-refractivity contribution in [3.63, 3.8) is 0 Å². The van der Waals surface area contributed by atoms with Gasteiger partial charge in [-0.15, -0.1) is 0 Å². The van der Waals surface area contributed by atoms with E-state index in [1.165, 1.54) is 0 Å². The molecular formula is C35H49NO9. The summed E-state index contributed by atoms with van der Waals surface area (Å²) >= 11 is 0. The SMILES string of the molecule is CCN1C[C@]2(OC(=O)c3ccccc3CC(=O)OC(C)C)CC[C@H](CO)[C@]34C1[C@H](CC23)[C@@]1(O)C[C@H](OC)[C@H]2CC4[C@]1(O)[C@H]2OC. The first-order valence-corrected chi connectivity index (χ1v) is 16.8. The Balaban J connectivity index is 1.32.